The first-order chi connectivity index (χ1) is 9.55. The molecule has 4 heteroatoms. The highest BCUT2D eigenvalue weighted by atomic mass is 16.5. The van der Waals surface area contributed by atoms with E-state index < -0.39 is 0 Å². The molecule has 2 aliphatic rings. The van der Waals surface area contributed by atoms with Crippen molar-refractivity contribution in [2.45, 2.75) is 70.9 Å². The lowest BCUT2D eigenvalue weighted by molar-refractivity contribution is -0.123. The molecule has 2 N–H and O–H groups in total. The van der Waals surface area contributed by atoms with Gasteiger partial charge in [-0.3, -0.25) is 4.79 Å². The van der Waals surface area contributed by atoms with Gasteiger partial charge in [-0.05, 0) is 50.6 Å². The fraction of sp³-hybridized carbons (Fsp3) is 0.938. The minimum Gasteiger partial charge on any atom is -0.378 e. The molecule has 0 radical (unpaired) electrons. The molecular weight excluding hydrogens is 252 g/mol. The summed E-state index contributed by atoms with van der Waals surface area (Å²) in [5.41, 5.74) is 0.377. The first kappa shape index (κ1) is 15.8. The van der Waals surface area contributed by atoms with E-state index >= 15 is 0 Å². The van der Waals surface area contributed by atoms with Gasteiger partial charge in [-0.15, -0.1) is 0 Å². The summed E-state index contributed by atoms with van der Waals surface area (Å²) in [5, 5.41) is 6.50. The number of carbonyl (C=O) groups excluding carboxylic acids is 1. The van der Waals surface area contributed by atoms with E-state index in [-0.39, 0.29) is 5.91 Å². The zero-order valence-corrected chi connectivity index (χ0v) is 13.0. The molecule has 20 heavy (non-hydrogen) atoms. The molecule has 1 atom stereocenters. The van der Waals surface area contributed by atoms with Crippen LogP contribution in [0.25, 0.3) is 0 Å². The largest absolute Gasteiger partial charge is 0.378 e. The first-order valence-electron chi connectivity index (χ1n) is 8.17. The van der Waals surface area contributed by atoms with Gasteiger partial charge in [-0.2, -0.15) is 0 Å². The summed E-state index contributed by atoms with van der Waals surface area (Å²) in [6.45, 7) is 7.23. The molecule has 116 valence electrons. The van der Waals surface area contributed by atoms with E-state index in [4.69, 9.17) is 4.74 Å². The Labute approximate surface area is 123 Å². The van der Waals surface area contributed by atoms with Gasteiger partial charge in [0.25, 0.3) is 0 Å². The standard InChI is InChI=1S/C16H30N2O2/c1-16(2)8-3-4-13(12-16)18-15(19)7-11-20-14-5-9-17-10-6-14/h13-14,17H,3-12H2,1-2H3,(H,18,19). The number of nitrogens with one attached hydrogen (secondary N) is 2. The number of ether oxygens (including phenoxy) is 1. The van der Waals surface area contributed by atoms with Gasteiger partial charge in [0.15, 0.2) is 0 Å². The lowest BCUT2D eigenvalue weighted by atomic mass is 9.75. The van der Waals surface area contributed by atoms with Crippen molar-refractivity contribution in [3.63, 3.8) is 0 Å². The highest BCUT2D eigenvalue weighted by Crippen LogP contribution is 2.35. The van der Waals surface area contributed by atoms with Crippen LogP contribution >= 0.6 is 0 Å². The van der Waals surface area contributed by atoms with Gasteiger partial charge >= 0.3 is 0 Å². The van der Waals surface area contributed by atoms with Crippen LogP contribution in [0.5, 0.6) is 0 Å². The minimum absolute atomic E-state index is 0.154. The van der Waals surface area contributed by atoms with Gasteiger partial charge in [0.2, 0.25) is 5.91 Å². The Balaban J connectivity index is 1.60. The van der Waals surface area contributed by atoms with Crippen LogP contribution in [0.4, 0.5) is 0 Å². The molecule has 0 bridgehead atoms. The van der Waals surface area contributed by atoms with Crippen LogP contribution in [0, 0.1) is 5.41 Å². The van der Waals surface area contributed by atoms with Crippen LogP contribution in [0.2, 0.25) is 0 Å². The highest BCUT2D eigenvalue weighted by Gasteiger charge is 2.28. The van der Waals surface area contributed by atoms with Crippen molar-refractivity contribution < 1.29 is 9.53 Å². The fourth-order valence-electron chi connectivity index (χ4n) is 3.40. The molecule has 1 saturated heterocycles. The molecule has 1 amide bonds. The Morgan fingerprint density at radius 1 is 1.30 bits per heavy atom. The van der Waals surface area contributed by atoms with Crippen LogP contribution < -0.4 is 10.6 Å². The molecule has 1 aliphatic heterocycles. The van der Waals surface area contributed by atoms with Gasteiger partial charge in [0.05, 0.1) is 12.7 Å². The van der Waals surface area contributed by atoms with Crippen LogP contribution in [0.15, 0.2) is 0 Å². The molecule has 1 aliphatic carbocycles. The second-order valence-electron chi connectivity index (χ2n) is 7.10. The zero-order valence-electron chi connectivity index (χ0n) is 13.0. The van der Waals surface area contributed by atoms with Gasteiger partial charge in [0, 0.05) is 12.5 Å². The van der Waals surface area contributed by atoms with E-state index in [0.29, 0.717) is 30.6 Å². The predicted octanol–water partition coefficient (Wildman–Crippen LogP) is 2.23. The summed E-state index contributed by atoms with van der Waals surface area (Å²) in [4.78, 5) is 12.0. The molecule has 2 fully saturated rings. The van der Waals surface area contributed by atoms with E-state index in [2.05, 4.69) is 24.5 Å². The highest BCUT2D eigenvalue weighted by molar-refractivity contribution is 5.76. The zero-order chi connectivity index (χ0) is 14.4. The maximum absolute atomic E-state index is 12.0. The van der Waals surface area contributed by atoms with Gasteiger partial charge in [0.1, 0.15) is 0 Å². The summed E-state index contributed by atoms with van der Waals surface area (Å²) in [6.07, 6.45) is 7.72. The van der Waals surface area contributed by atoms with Crippen LogP contribution in [0.3, 0.4) is 0 Å². The topological polar surface area (TPSA) is 50.4 Å². The molecule has 0 aromatic rings. The van der Waals surface area contributed by atoms with Gasteiger partial charge in [-0.1, -0.05) is 20.3 Å². The third-order valence-electron chi connectivity index (χ3n) is 4.54. The van der Waals surface area contributed by atoms with E-state index in [0.717, 1.165) is 38.8 Å². The lowest BCUT2D eigenvalue weighted by Gasteiger charge is -2.35. The second kappa shape index (κ2) is 7.41. The number of carbonyl (C=O) groups is 1. The summed E-state index contributed by atoms with van der Waals surface area (Å²) in [6, 6.07) is 0.366. The summed E-state index contributed by atoms with van der Waals surface area (Å²) in [7, 11) is 0. The van der Waals surface area contributed by atoms with Gasteiger partial charge in [-0.25, -0.2) is 0 Å². The smallest absolute Gasteiger partial charge is 0.222 e. The third-order valence-corrected chi connectivity index (χ3v) is 4.54. The number of rotatable bonds is 5. The van der Waals surface area contributed by atoms with E-state index in [1.165, 1.54) is 12.8 Å². The molecule has 0 spiro atoms. The normalized spacial score (nSPS) is 27.2. The van der Waals surface area contributed by atoms with Crippen LogP contribution in [-0.4, -0.2) is 37.7 Å². The SMILES string of the molecule is CC1(C)CCCC(NC(=O)CCOC2CCNCC2)C1. The van der Waals surface area contributed by atoms with E-state index in [1.807, 2.05) is 0 Å². The number of piperidine rings is 1. The molecule has 1 saturated carbocycles. The summed E-state index contributed by atoms with van der Waals surface area (Å²) >= 11 is 0. The Morgan fingerprint density at radius 2 is 2.05 bits per heavy atom. The van der Waals surface area contributed by atoms with E-state index in [9.17, 15) is 4.79 Å². The maximum Gasteiger partial charge on any atom is 0.222 e. The van der Waals surface area contributed by atoms with Crippen molar-refractivity contribution in [2.75, 3.05) is 19.7 Å². The predicted molar refractivity (Wildman–Crippen MR) is 80.6 cm³/mol. The minimum atomic E-state index is 0.154. The molecule has 0 aromatic carbocycles. The fourth-order valence-corrected chi connectivity index (χ4v) is 3.40. The van der Waals surface area contributed by atoms with Crippen molar-refractivity contribution in [3.8, 4) is 0 Å². The number of hydrogen-bond donors (Lipinski definition) is 2. The number of hydrogen-bond acceptors (Lipinski definition) is 3. The maximum atomic E-state index is 12.0. The van der Waals surface area contributed by atoms with Crippen molar-refractivity contribution in [2.24, 2.45) is 5.41 Å². The van der Waals surface area contributed by atoms with Crippen molar-refractivity contribution >= 4 is 5.91 Å². The Morgan fingerprint density at radius 3 is 2.75 bits per heavy atom. The molecule has 4 nitrogen and oxygen atoms in total. The van der Waals surface area contributed by atoms with Crippen LogP contribution in [-0.2, 0) is 9.53 Å². The van der Waals surface area contributed by atoms with Crippen molar-refractivity contribution in [1.29, 1.82) is 0 Å². The second-order valence-corrected chi connectivity index (χ2v) is 7.10. The molecular formula is C16H30N2O2. The van der Waals surface area contributed by atoms with Crippen molar-refractivity contribution in [3.05, 3.63) is 0 Å². The monoisotopic (exact) mass is 282 g/mol. The average Bonchev–Trinajstić information content (AvgIpc) is 2.38. The van der Waals surface area contributed by atoms with Crippen molar-refractivity contribution in [1.82, 2.24) is 10.6 Å². The first-order valence-corrected chi connectivity index (χ1v) is 8.17. The third kappa shape index (κ3) is 5.41. The molecule has 2 rings (SSSR count). The lowest BCUT2D eigenvalue weighted by Crippen LogP contribution is -2.41. The quantitative estimate of drug-likeness (QED) is 0.813. The Bertz CT molecular complexity index is 312. The summed E-state index contributed by atoms with van der Waals surface area (Å²) in [5.74, 6) is 0.154. The number of amides is 1. The Kier molecular flexibility index (Phi) is 5.85. The summed E-state index contributed by atoms with van der Waals surface area (Å²) < 4.78 is 5.78. The van der Waals surface area contributed by atoms with Crippen LogP contribution in [0.1, 0.15) is 58.8 Å². The molecule has 1 unspecified atom stereocenters. The molecule has 1 heterocycles. The average molecular weight is 282 g/mol. The molecule has 0 aromatic heterocycles. The Hall–Kier alpha value is -0.610. The van der Waals surface area contributed by atoms with Gasteiger partial charge < -0.3 is 15.4 Å². The van der Waals surface area contributed by atoms with E-state index in [1.54, 1.807) is 0 Å².